The number of nitrogens with two attached hydrogens (primary N) is 1. The summed E-state index contributed by atoms with van der Waals surface area (Å²) in [7, 11) is -4.89. The van der Waals surface area contributed by atoms with Gasteiger partial charge in [0.2, 0.25) is 5.82 Å². The van der Waals surface area contributed by atoms with Crippen LogP contribution in [0.2, 0.25) is 0 Å². The Labute approximate surface area is 299 Å². The van der Waals surface area contributed by atoms with Gasteiger partial charge in [-0.2, -0.15) is 18.5 Å². The van der Waals surface area contributed by atoms with Crippen LogP contribution in [0, 0.1) is 13.8 Å². The highest BCUT2D eigenvalue weighted by Gasteiger charge is 2.25. The number of fused-ring (bicyclic) bond motifs is 1. The number of aryl methyl sites for hydroxylation is 2. The molecule has 264 valence electrons. The largest absolute Gasteiger partial charge is 0.505 e. The van der Waals surface area contributed by atoms with Crippen LogP contribution in [0.4, 0.5) is 28.4 Å². The fraction of sp³-hybridized carbons (Fsp3) is 0.189. The van der Waals surface area contributed by atoms with Crippen molar-refractivity contribution in [2.24, 2.45) is 20.5 Å². The van der Waals surface area contributed by atoms with Crippen LogP contribution in [0.15, 0.2) is 115 Å². The minimum absolute atomic E-state index is 0.0356. The van der Waals surface area contributed by atoms with Crippen LogP contribution in [0.1, 0.15) is 16.7 Å². The van der Waals surface area contributed by atoms with Crippen molar-refractivity contribution in [2.75, 3.05) is 32.0 Å². The van der Waals surface area contributed by atoms with Crippen molar-refractivity contribution in [1.29, 1.82) is 0 Å². The van der Waals surface area contributed by atoms with Crippen molar-refractivity contribution >= 4 is 49.3 Å². The lowest BCUT2D eigenvalue weighted by Crippen LogP contribution is -2.35. The van der Waals surface area contributed by atoms with Crippen molar-refractivity contribution in [3.63, 3.8) is 0 Å². The predicted molar refractivity (Wildman–Crippen MR) is 195 cm³/mol. The van der Waals surface area contributed by atoms with Crippen LogP contribution in [-0.4, -0.2) is 59.4 Å². The molecule has 1 aromatic heterocycles. The fourth-order valence-corrected chi connectivity index (χ4v) is 6.56. The maximum absolute atomic E-state index is 12.6. The monoisotopic (exact) mass is 718 g/mol. The van der Waals surface area contributed by atoms with Gasteiger partial charge in [-0.05, 0) is 66.8 Å². The molecule has 0 saturated carbocycles. The number of hydrogen-bond acceptors (Lipinski definition) is 13. The second-order valence-electron chi connectivity index (χ2n) is 12.4. The van der Waals surface area contributed by atoms with Crippen LogP contribution in [0.25, 0.3) is 33.6 Å². The van der Waals surface area contributed by atoms with E-state index in [-0.39, 0.29) is 33.7 Å². The lowest BCUT2D eigenvalue weighted by Gasteiger charge is -2.26. The van der Waals surface area contributed by atoms with Gasteiger partial charge >= 0.3 is 0 Å². The molecule has 5 aromatic carbocycles. The van der Waals surface area contributed by atoms with Gasteiger partial charge in [-0.25, -0.2) is 0 Å². The van der Waals surface area contributed by atoms with Gasteiger partial charge in [0.1, 0.15) is 16.3 Å². The summed E-state index contributed by atoms with van der Waals surface area (Å²) in [5, 5.41) is 33.0. The average molecular weight is 719 g/mol. The summed E-state index contributed by atoms with van der Waals surface area (Å²) in [5.74, 6) is -0.112. The van der Waals surface area contributed by atoms with E-state index in [9.17, 15) is 18.1 Å². The Kier molecular flexibility index (Phi) is 9.57. The van der Waals surface area contributed by atoms with Gasteiger partial charge in [0.15, 0.2) is 5.75 Å². The third kappa shape index (κ3) is 7.29. The molecule has 14 nitrogen and oxygen atoms in total. The minimum Gasteiger partial charge on any atom is -0.505 e. The van der Waals surface area contributed by atoms with Crippen molar-refractivity contribution in [1.82, 2.24) is 15.0 Å². The lowest BCUT2D eigenvalue weighted by atomic mass is 10.0. The lowest BCUT2D eigenvalue weighted by molar-refractivity contribution is 0.0342. The van der Waals surface area contributed by atoms with Gasteiger partial charge in [0, 0.05) is 25.2 Å². The number of phenols is 1. The molecule has 1 aliphatic heterocycles. The number of anilines is 1. The SMILES string of the molecule is Cc1ccc(-c2noc(-c3ccccc3N=Nc3c(S(=O)(=O)O)cc4cc(C)c(N=Nc5ccc(CN6CCOCC6)cc5)c(N)c4c3O)n2)cc1. The number of phenolic OH excluding ortho intramolecular Hbond substituents is 1. The molecular formula is C37H34N8O6S. The van der Waals surface area contributed by atoms with E-state index in [1.165, 1.54) is 6.07 Å². The molecule has 0 bridgehead atoms. The van der Waals surface area contributed by atoms with E-state index in [1.54, 1.807) is 37.3 Å². The molecule has 52 heavy (non-hydrogen) atoms. The minimum atomic E-state index is -4.89. The summed E-state index contributed by atoms with van der Waals surface area (Å²) in [6.45, 7) is 7.72. The summed E-state index contributed by atoms with van der Waals surface area (Å²) >= 11 is 0. The molecule has 15 heteroatoms. The zero-order chi connectivity index (χ0) is 36.4. The van der Waals surface area contributed by atoms with Crippen molar-refractivity contribution in [2.45, 2.75) is 25.3 Å². The Morgan fingerprint density at radius 1 is 0.885 bits per heavy atom. The van der Waals surface area contributed by atoms with E-state index in [4.69, 9.17) is 15.0 Å². The first-order valence-electron chi connectivity index (χ1n) is 16.3. The third-order valence-corrected chi connectivity index (χ3v) is 9.52. The number of rotatable bonds is 9. The quantitative estimate of drug-likeness (QED) is 0.0740. The van der Waals surface area contributed by atoms with Crippen LogP contribution in [0.5, 0.6) is 5.75 Å². The molecule has 0 aliphatic carbocycles. The van der Waals surface area contributed by atoms with Crippen molar-refractivity contribution in [3.05, 3.63) is 102 Å². The molecule has 0 unspecified atom stereocenters. The van der Waals surface area contributed by atoms with Gasteiger partial charge in [0.05, 0.1) is 41.2 Å². The number of morpholine rings is 1. The molecule has 0 atom stereocenters. The number of nitrogen functional groups attached to an aromatic ring is 1. The number of aromatic hydroxyl groups is 1. The van der Waals surface area contributed by atoms with Crippen molar-refractivity contribution < 1.29 is 27.3 Å². The Hall–Kier alpha value is -5.87. The molecule has 0 spiro atoms. The van der Waals surface area contributed by atoms with Crippen LogP contribution in [-0.2, 0) is 21.4 Å². The topological polar surface area (TPSA) is 201 Å². The van der Waals surface area contributed by atoms with Gasteiger partial charge in [-0.1, -0.05) is 59.3 Å². The van der Waals surface area contributed by atoms with E-state index >= 15 is 0 Å². The Morgan fingerprint density at radius 3 is 2.33 bits per heavy atom. The Balaban J connectivity index is 1.23. The highest BCUT2D eigenvalue weighted by Crippen LogP contribution is 2.47. The normalized spacial score (nSPS) is 14.2. The number of aromatic nitrogens is 2. The zero-order valence-electron chi connectivity index (χ0n) is 28.3. The Morgan fingerprint density at radius 2 is 1.60 bits per heavy atom. The molecule has 1 aliphatic rings. The second kappa shape index (κ2) is 14.4. The summed E-state index contributed by atoms with van der Waals surface area (Å²) in [5.41, 5.74) is 11.1. The third-order valence-electron chi connectivity index (χ3n) is 8.66. The zero-order valence-corrected chi connectivity index (χ0v) is 29.1. The first-order chi connectivity index (χ1) is 25.0. The van der Waals surface area contributed by atoms with Gasteiger partial charge < -0.3 is 20.1 Å². The Bertz CT molecular complexity index is 2440. The summed E-state index contributed by atoms with van der Waals surface area (Å²) in [6, 6.07) is 24.8. The predicted octanol–water partition coefficient (Wildman–Crippen LogP) is 8.37. The second-order valence-corrected chi connectivity index (χ2v) is 13.8. The summed E-state index contributed by atoms with van der Waals surface area (Å²) < 4.78 is 46.3. The highest BCUT2D eigenvalue weighted by atomic mass is 32.2. The van der Waals surface area contributed by atoms with Crippen LogP contribution < -0.4 is 5.73 Å². The smallest absolute Gasteiger partial charge is 0.296 e. The van der Waals surface area contributed by atoms with E-state index in [0.717, 1.165) is 49.5 Å². The van der Waals surface area contributed by atoms with E-state index < -0.39 is 26.5 Å². The van der Waals surface area contributed by atoms with E-state index in [0.29, 0.717) is 22.6 Å². The number of nitrogens with zero attached hydrogens (tertiary/aromatic N) is 7. The molecule has 2 heterocycles. The highest BCUT2D eigenvalue weighted by molar-refractivity contribution is 7.86. The van der Waals surface area contributed by atoms with Crippen LogP contribution in [0.3, 0.4) is 0 Å². The molecule has 1 fully saturated rings. The number of azo groups is 2. The number of benzene rings is 5. The molecular weight excluding hydrogens is 685 g/mol. The average Bonchev–Trinajstić information content (AvgIpc) is 3.62. The summed E-state index contributed by atoms with van der Waals surface area (Å²) in [4.78, 5) is 6.16. The van der Waals surface area contributed by atoms with Gasteiger partial charge in [0.25, 0.3) is 16.0 Å². The first-order valence-corrected chi connectivity index (χ1v) is 17.8. The fourth-order valence-electron chi connectivity index (χ4n) is 5.90. The molecule has 6 aromatic rings. The standard InChI is InChI=1S/C37H34N8O6S/c1-22-7-11-25(12-8-22)36-39-37(51-44-36)28-5-3-4-6-29(28)41-43-34-30(52(47,48)49)20-26-19-23(2)33(32(38)31(26)35(34)46)42-40-27-13-9-24(10-14-27)21-45-15-17-50-18-16-45/h3-14,19-20,46H,15-18,21,38H2,1-2H3,(H,47,48,49). The molecule has 0 amide bonds. The number of ether oxygens (including phenoxy) is 1. The molecule has 0 radical (unpaired) electrons. The van der Waals surface area contributed by atoms with Crippen LogP contribution >= 0.6 is 0 Å². The van der Waals surface area contributed by atoms with Crippen molar-refractivity contribution in [3.8, 4) is 28.6 Å². The first kappa shape index (κ1) is 34.6. The van der Waals surface area contributed by atoms with Gasteiger partial charge in [-0.15, -0.1) is 15.3 Å². The number of hydrogen-bond donors (Lipinski definition) is 3. The molecule has 7 rings (SSSR count). The maximum atomic E-state index is 12.6. The summed E-state index contributed by atoms with van der Waals surface area (Å²) in [6.07, 6.45) is 0. The molecule has 1 saturated heterocycles. The van der Waals surface area contributed by atoms with E-state index in [2.05, 4.69) is 35.5 Å². The maximum Gasteiger partial charge on any atom is 0.296 e. The van der Waals surface area contributed by atoms with Gasteiger partial charge in [-0.3, -0.25) is 9.45 Å². The van der Waals surface area contributed by atoms with E-state index in [1.807, 2.05) is 55.5 Å². The molecule has 4 N–H and O–H groups in total.